The summed E-state index contributed by atoms with van der Waals surface area (Å²) in [6.45, 7) is 9.44. The third-order valence-electron chi connectivity index (χ3n) is 3.57. The minimum Gasteiger partial charge on any atom is -0.311 e. The molecule has 2 unspecified atom stereocenters. The molecule has 18 heavy (non-hydrogen) atoms. The molecule has 0 amide bonds. The van der Waals surface area contributed by atoms with E-state index in [1.54, 1.807) is 12.3 Å². The number of hydrogen-bond acceptors (Lipinski definition) is 3. The van der Waals surface area contributed by atoms with Crippen molar-refractivity contribution in [2.24, 2.45) is 5.92 Å². The number of nitrogens with one attached hydrogen (secondary N) is 1. The average Bonchev–Trinajstić information content (AvgIpc) is 2.28. The van der Waals surface area contributed by atoms with Gasteiger partial charge in [-0.25, -0.2) is 4.39 Å². The molecule has 0 radical (unpaired) electrons. The van der Waals surface area contributed by atoms with Crippen molar-refractivity contribution < 1.29 is 4.39 Å². The number of halogens is 1. The van der Waals surface area contributed by atoms with Gasteiger partial charge < -0.3 is 5.32 Å². The minimum absolute atomic E-state index is 0.253. The predicted octanol–water partition coefficient (Wildman–Crippen LogP) is 2.04. The van der Waals surface area contributed by atoms with Gasteiger partial charge in [-0.05, 0) is 24.5 Å². The fourth-order valence-electron chi connectivity index (χ4n) is 2.62. The number of piperazine rings is 1. The van der Waals surface area contributed by atoms with Gasteiger partial charge in [-0.3, -0.25) is 9.88 Å². The first-order valence-corrected chi connectivity index (χ1v) is 6.63. The van der Waals surface area contributed by atoms with Crippen molar-refractivity contribution >= 4 is 0 Å². The van der Waals surface area contributed by atoms with E-state index < -0.39 is 0 Å². The zero-order chi connectivity index (χ0) is 13.1. The molecule has 0 aliphatic carbocycles. The molecule has 0 bridgehead atoms. The average molecular weight is 251 g/mol. The third kappa shape index (κ3) is 3.27. The highest BCUT2D eigenvalue weighted by molar-refractivity contribution is 5.10. The van der Waals surface area contributed by atoms with Crippen molar-refractivity contribution in [3.05, 3.63) is 29.8 Å². The van der Waals surface area contributed by atoms with Gasteiger partial charge in [-0.15, -0.1) is 0 Å². The maximum atomic E-state index is 13.2. The Bertz CT molecular complexity index is 394. The Hall–Kier alpha value is -1.00. The highest BCUT2D eigenvalue weighted by Crippen LogP contribution is 2.18. The van der Waals surface area contributed by atoms with Crippen molar-refractivity contribution in [3.8, 4) is 0 Å². The predicted molar refractivity (Wildman–Crippen MR) is 70.7 cm³/mol. The summed E-state index contributed by atoms with van der Waals surface area (Å²) in [5.41, 5.74) is 0.953. The zero-order valence-corrected chi connectivity index (χ0v) is 11.4. The Morgan fingerprint density at radius 2 is 2.28 bits per heavy atom. The summed E-state index contributed by atoms with van der Waals surface area (Å²) in [5, 5.41) is 3.51. The topological polar surface area (TPSA) is 28.2 Å². The normalized spacial score (nSPS) is 25.6. The smallest absolute Gasteiger partial charge is 0.141 e. The third-order valence-corrected chi connectivity index (χ3v) is 3.57. The molecule has 1 aromatic rings. The van der Waals surface area contributed by atoms with Gasteiger partial charge in [-0.1, -0.05) is 13.8 Å². The maximum Gasteiger partial charge on any atom is 0.141 e. The number of aromatic nitrogens is 1. The number of rotatable bonds is 3. The quantitative estimate of drug-likeness (QED) is 0.891. The van der Waals surface area contributed by atoms with Gasteiger partial charge in [-0.2, -0.15) is 0 Å². The number of pyridine rings is 1. The van der Waals surface area contributed by atoms with Crippen LogP contribution in [0.25, 0.3) is 0 Å². The molecular weight excluding hydrogens is 229 g/mol. The van der Waals surface area contributed by atoms with Crippen LogP contribution in [0.2, 0.25) is 0 Å². The van der Waals surface area contributed by atoms with E-state index in [0.717, 1.165) is 25.2 Å². The van der Waals surface area contributed by atoms with Crippen LogP contribution in [-0.4, -0.2) is 35.1 Å². The van der Waals surface area contributed by atoms with Gasteiger partial charge in [0.2, 0.25) is 0 Å². The second-order valence-electron chi connectivity index (χ2n) is 5.56. The van der Waals surface area contributed by atoms with Crippen LogP contribution < -0.4 is 5.32 Å². The van der Waals surface area contributed by atoms with Gasteiger partial charge in [0, 0.05) is 37.9 Å². The molecule has 1 saturated heterocycles. The lowest BCUT2D eigenvalue weighted by molar-refractivity contribution is 0.0954. The van der Waals surface area contributed by atoms with E-state index in [1.807, 2.05) is 0 Å². The van der Waals surface area contributed by atoms with Crippen LogP contribution in [0.15, 0.2) is 18.5 Å². The largest absolute Gasteiger partial charge is 0.311 e. The first-order valence-electron chi connectivity index (χ1n) is 6.63. The van der Waals surface area contributed by atoms with Crippen molar-refractivity contribution in [1.29, 1.82) is 0 Å². The summed E-state index contributed by atoms with van der Waals surface area (Å²) >= 11 is 0. The zero-order valence-electron chi connectivity index (χ0n) is 11.4. The van der Waals surface area contributed by atoms with Crippen LogP contribution in [0.5, 0.6) is 0 Å². The lowest BCUT2D eigenvalue weighted by Crippen LogP contribution is -2.56. The number of hydrogen-bond donors (Lipinski definition) is 1. The van der Waals surface area contributed by atoms with E-state index in [2.05, 4.69) is 36.0 Å². The van der Waals surface area contributed by atoms with E-state index in [4.69, 9.17) is 0 Å². The molecule has 1 fully saturated rings. The van der Waals surface area contributed by atoms with Crippen LogP contribution in [-0.2, 0) is 6.54 Å². The summed E-state index contributed by atoms with van der Waals surface area (Å²) in [6, 6.07) is 2.57. The van der Waals surface area contributed by atoms with E-state index >= 15 is 0 Å². The highest BCUT2D eigenvalue weighted by Gasteiger charge is 2.27. The SMILES string of the molecule is CC1CN(Cc2cncc(F)c2)C(C(C)C)CN1. The minimum atomic E-state index is -0.253. The van der Waals surface area contributed by atoms with Gasteiger partial charge in [0.1, 0.15) is 5.82 Å². The van der Waals surface area contributed by atoms with Gasteiger partial charge >= 0.3 is 0 Å². The van der Waals surface area contributed by atoms with Gasteiger partial charge in [0.25, 0.3) is 0 Å². The Balaban J connectivity index is 2.08. The fourth-order valence-corrected chi connectivity index (χ4v) is 2.62. The summed E-state index contributed by atoms with van der Waals surface area (Å²) < 4.78 is 13.2. The first-order chi connectivity index (χ1) is 8.56. The summed E-state index contributed by atoms with van der Waals surface area (Å²) in [7, 11) is 0. The lowest BCUT2D eigenvalue weighted by Gasteiger charge is -2.41. The molecule has 1 aliphatic heterocycles. The Labute approximate surface area is 108 Å². The molecule has 2 rings (SSSR count). The summed E-state index contributed by atoms with van der Waals surface area (Å²) in [4.78, 5) is 6.35. The highest BCUT2D eigenvalue weighted by atomic mass is 19.1. The fraction of sp³-hybridized carbons (Fsp3) is 0.643. The molecule has 1 aliphatic rings. The monoisotopic (exact) mass is 251 g/mol. The van der Waals surface area contributed by atoms with Crippen LogP contribution in [0, 0.1) is 11.7 Å². The van der Waals surface area contributed by atoms with Crippen molar-refractivity contribution in [2.45, 2.75) is 39.4 Å². The number of nitrogens with zero attached hydrogens (tertiary/aromatic N) is 2. The molecule has 0 saturated carbocycles. The summed E-state index contributed by atoms with van der Waals surface area (Å²) in [5.74, 6) is 0.336. The molecule has 2 heterocycles. The maximum absolute atomic E-state index is 13.2. The Morgan fingerprint density at radius 1 is 1.50 bits per heavy atom. The second kappa shape index (κ2) is 5.76. The van der Waals surface area contributed by atoms with Crippen molar-refractivity contribution in [1.82, 2.24) is 15.2 Å². The molecule has 3 nitrogen and oxygen atoms in total. The van der Waals surface area contributed by atoms with Crippen LogP contribution in [0.1, 0.15) is 26.3 Å². The van der Waals surface area contributed by atoms with E-state index in [9.17, 15) is 4.39 Å². The second-order valence-corrected chi connectivity index (χ2v) is 5.56. The first kappa shape index (κ1) is 13.4. The Morgan fingerprint density at radius 3 is 2.94 bits per heavy atom. The van der Waals surface area contributed by atoms with Gasteiger partial charge in [0.15, 0.2) is 0 Å². The summed E-state index contributed by atoms with van der Waals surface area (Å²) in [6.07, 6.45) is 3.01. The molecule has 100 valence electrons. The standard InChI is InChI=1S/C14H22FN3/c1-10(2)14-7-17-11(3)8-18(14)9-12-4-13(15)6-16-5-12/h4-6,10-11,14,17H,7-9H2,1-3H3. The molecule has 2 atom stereocenters. The molecule has 4 heteroatoms. The van der Waals surface area contributed by atoms with Gasteiger partial charge in [0.05, 0.1) is 6.20 Å². The Kier molecular flexibility index (Phi) is 4.30. The lowest BCUT2D eigenvalue weighted by atomic mass is 9.98. The molecule has 1 aromatic heterocycles. The van der Waals surface area contributed by atoms with E-state index in [-0.39, 0.29) is 5.82 Å². The van der Waals surface area contributed by atoms with E-state index in [0.29, 0.717) is 18.0 Å². The molecular formula is C14H22FN3. The van der Waals surface area contributed by atoms with E-state index in [1.165, 1.54) is 6.20 Å². The molecule has 0 spiro atoms. The molecule has 1 N–H and O–H groups in total. The van der Waals surface area contributed by atoms with Crippen LogP contribution >= 0.6 is 0 Å². The van der Waals surface area contributed by atoms with Crippen molar-refractivity contribution in [2.75, 3.05) is 13.1 Å². The van der Waals surface area contributed by atoms with Crippen LogP contribution in [0.3, 0.4) is 0 Å². The molecule has 0 aromatic carbocycles. The van der Waals surface area contributed by atoms with Crippen molar-refractivity contribution in [3.63, 3.8) is 0 Å². The van der Waals surface area contributed by atoms with Crippen LogP contribution in [0.4, 0.5) is 4.39 Å².